The zero-order valence-corrected chi connectivity index (χ0v) is 14.8. The minimum atomic E-state index is -0.476. The number of benzene rings is 1. The molecule has 0 aliphatic carbocycles. The maximum Gasteiger partial charge on any atom is 0.267 e. The summed E-state index contributed by atoms with van der Waals surface area (Å²) in [6, 6.07) is 8.12. The standard InChI is InChI=1S/C17H14FN3O2S2/c1-10-4-5-13(12(18)7-10)20-15(22)8-11-9-25-17(19-11)21-16(23)14-3-2-6-24-14/h2-7,9H,8H2,1H3,(H,20,22)(H,19,21,23). The number of amides is 2. The van der Waals surface area contributed by atoms with E-state index in [1.54, 1.807) is 30.5 Å². The number of aryl methyl sites for hydroxylation is 1. The number of anilines is 2. The quantitative estimate of drug-likeness (QED) is 0.706. The van der Waals surface area contributed by atoms with Gasteiger partial charge >= 0.3 is 0 Å². The van der Waals surface area contributed by atoms with Crippen LogP contribution in [0.2, 0.25) is 0 Å². The summed E-state index contributed by atoms with van der Waals surface area (Å²) < 4.78 is 13.8. The third kappa shape index (κ3) is 4.49. The van der Waals surface area contributed by atoms with Crippen molar-refractivity contribution in [2.24, 2.45) is 0 Å². The van der Waals surface area contributed by atoms with E-state index in [9.17, 15) is 14.0 Å². The molecule has 0 radical (unpaired) electrons. The Balaban J connectivity index is 1.59. The molecule has 2 heterocycles. The Morgan fingerprint density at radius 3 is 2.76 bits per heavy atom. The molecule has 2 amide bonds. The van der Waals surface area contributed by atoms with Gasteiger partial charge in [0.2, 0.25) is 5.91 Å². The molecule has 0 fully saturated rings. The van der Waals surface area contributed by atoms with Crippen molar-refractivity contribution in [2.45, 2.75) is 13.3 Å². The fourth-order valence-corrected chi connectivity index (χ4v) is 3.42. The van der Waals surface area contributed by atoms with Crippen molar-refractivity contribution in [1.82, 2.24) is 4.98 Å². The van der Waals surface area contributed by atoms with Crippen LogP contribution < -0.4 is 10.6 Å². The van der Waals surface area contributed by atoms with Crippen molar-refractivity contribution in [2.75, 3.05) is 10.6 Å². The highest BCUT2D eigenvalue weighted by molar-refractivity contribution is 7.14. The molecular weight excluding hydrogens is 361 g/mol. The fraction of sp³-hybridized carbons (Fsp3) is 0.118. The number of rotatable bonds is 5. The van der Waals surface area contributed by atoms with Gasteiger partial charge in [-0.3, -0.25) is 14.9 Å². The number of carbonyl (C=O) groups is 2. The van der Waals surface area contributed by atoms with Gasteiger partial charge in [0.05, 0.1) is 22.7 Å². The van der Waals surface area contributed by atoms with Gasteiger partial charge in [-0.2, -0.15) is 0 Å². The van der Waals surface area contributed by atoms with Gasteiger partial charge in [-0.05, 0) is 36.1 Å². The van der Waals surface area contributed by atoms with Gasteiger partial charge in [0.1, 0.15) is 5.82 Å². The van der Waals surface area contributed by atoms with E-state index in [0.29, 0.717) is 15.7 Å². The monoisotopic (exact) mass is 375 g/mol. The first-order valence-corrected chi connectivity index (χ1v) is 9.12. The maximum atomic E-state index is 13.8. The van der Waals surface area contributed by atoms with Gasteiger partial charge in [-0.25, -0.2) is 9.37 Å². The molecule has 0 saturated heterocycles. The van der Waals surface area contributed by atoms with Crippen LogP contribution in [0.1, 0.15) is 20.9 Å². The van der Waals surface area contributed by atoms with Crippen molar-refractivity contribution in [3.05, 3.63) is 63.0 Å². The summed E-state index contributed by atoms with van der Waals surface area (Å²) in [6.45, 7) is 1.77. The second-order valence-electron chi connectivity index (χ2n) is 5.28. The number of aromatic nitrogens is 1. The Hall–Kier alpha value is -2.58. The van der Waals surface area contributed by atoms with Crippen LogP contribution in [0, 0.1) is 12.7 Å². The van der Waals surface area contributed by atoms with E-state index in [1.807, 2.05) is 5.38 Å². The normalized spacial score (nSPS) is 10.5. The molecule has 3 rings (SSSR count). The Kier molecular flexibility index (Phi) is 5.20. The minimum absolute atomic E-state index is 0.00130. The zero-order chi connectivity index (χ0) is 17.8. The van der Waals surface area contributed by atoms with Crippen molar-refractivity contribution in [3.8, 4) is 0 Å². The van der Waals surface area contributed by atoms with E-state index >= 15 is 0 Å². The number of thiazole rings is 1. The smallest absolute Gasteiger partial charge is 0.267 e. The number of hydrogen-bond donors (Lipinski definition) is 2. The van der Waals surface area contributed by atoms with Crippen molar-refractivity contribution in [3.63, 3.8) is 0 Å². The summed E-state index contributed by atoms with van der Waals surface area (Å²) in [6.07, 6.45) is -0.00130. The largest absolute Gasteiger partial charge is 0.323 e. The molecule has 0 aliphatic rings. The number of carbonyl (C=O) groups excluding carboxylic acids is 2. The van der Waals surface area contributed by atoms with Crippen molar-refractivity contribution in [1.29, 1.82) is 0 Å². The van der Waals surface area contributed by atoms with Crippen LogP contribution in [0.25, 0.3) is 0 Å². The lowest BCUT2D eigenvalue weighted by atomic mass is 10.2. The summed E-state index contributed by atoms with van der Waals surface area (Å²) in [5.41, 5.74) is 1.43. The van der Waals surface area contributed by atoms with Crippen molar-refractivity contribution >= 4 is 45.3 Å². The highest BCUT2D eigenvalue weighted by Crippen LogP contribution is 2.19. The number of halogens is 1. The molecule has 25 heavy (non-hydrogen) atoms. The molecule has 1 aromatic carbocycles. The lowest BCUT2D eigenvalue weighted by Gasteiger charge is -2.06. The fourth-order valence-electron chi connectivity index (χ4n) is 2.09. The van der Waals surface area contributed by atoms with Crippen LogP contribution in [0.3, 0.4) is 0 Å². The molecule has 0 atom stereocenters. The summed E-state index contributed by atoms with van der Waals surface area (Å²) >= 11 is 2.57. The van der Waals surface area contributed by atoms with Crippen LogP contribution in [0.15, 0.2) is 41.1 Å². The van der Waals surface area contributed by atoms with Gasteiger partial charge in [0, 0.05) is 5.38 Å². The third-order valence-electron chi connectivity index (χ3n) is 3.26. The van der Waals surface area contributed by atoms with Gasteiger partial charge in [-0.15, -0.1) is 22.7 Å². The SMILES string of the molecule is Cc1ccc(NC(=O)Cc2csc(NC(=O)c3cccs3)n2)c(F)c1. The summed E-state index contributed by atoms with van der Waals surface area (Å²) in [7, 11) is 0. The van der Waals surface area contributed by atoms with Crippen LogP contribution in [0.5, 0.6) is 0 Å². The summed E-state index contributed by atoms with van der Waals surface area (Å²) in [4.78, 5) is 28.8. The predicted molar refractivity (Wildman–Crippen MR) is 97.9 cm³/mol. The molecule has 2 N–H and O–H groups in total. The Morgan fingerprint density at radius 2 is 2.04 bits per heavy atom. The molecule has 128 valence electrons. The molecule has 2 aromatic heterocycles. The molecule has 5 nitrogen and oxygen atoms in total. The molecule has 0 aliphatic heterocycles. The highest BCUT2D eigenvalue weighted by atomic mass is 32.1. The number of hydrogen-bond acceptors (Lipinski definition) is 5. The second kappa shape index (κ2) is 7.54. The third-order valence-corrected chi connectivity index (χ3v) is 4.93. The topological polar surface area (TPSA) is 71.1 Å². The Labute approximate surface area is 151 Å². The Bertz CT molecular complexity index is 907. The number of thiophene rings is 1. The van der Waals surface area contributed by atoms with Crippen molar-refractivity contribution < 1.29 is 14.0 Å². The molecule has 3 aromatic rings. The average molecular weight is 375 g/mol. The van der Waals surface area contributed by atoms with Gasteiger partial charge in [-0.1, -0.05) is 12.1 Å². The lowest BCUT2D eigenvalue weighted by Crippen LogP contribution is -2.16. The van der Waals surface area contributed by atoms with E-state index in [1.165, 1.54) is 34.8 Å². The van der Waals surface area contributed by atoms with Gasteiger partial charge in [0.25, 0.3) is 5.91 Å². The van der Waals surface area contributed by atoms with E-state index < -0.39 is 5.82 Å². The first-order valence-electron chi connectivity index (χ1n) is 7.36. The first-order chi connectivity index (χ1) is 12.0. The van der Waals surface area contributed by atoms with E-state index in [2.05, 4.69) is 15.6 Å². The molecule has 0 spiro atoms. The first kappa shape index (κ1) is 17.2. The number of nitrogens with one attached hydrogen (secondary N) is 2. The van der Waals surface area contributed by atoms with E-state index in [0.717, 1.165) is 5.56 Å². The predicted octanol–water partition coefficient (Wildman–Crippen LogP) is 4.09. The van der Waals surface area contributed by atoms with Crippen LogP contribution in [-0.2, 0) is 11.2 Å². The molecule has 8 heteroatoms. The average Bonchev–Trinajstić information content (AvgIpc) is 3.22. The second-order valence-corrected chi connectivity index (χ2v) is 7.09. The van der Waals surface area contributed by atoms with E-state index in [4.69, 9.17) is 0 Å². The van der Waals surface area contributed by atoms with E-state index in [-0.39, 0.29) is 23.9 Å². The molecular formula is C17H14FN3O2S2. The highest BCUT2D eigenvalue weighted by Gasteiger charge is 2.13. The molecule has 0 unspecified atom stereocenters. The van der Waals surface area contributed by atoms with Crippen LogP contribution in [0.4, 0.5) is 15.2 Å². The summed E-state index contributed by atoms with van der Waals surface area (Å²) in [5.74, 6) is -1.08. The van der Waals surface area contributed by atoms with Crippen LogP contribution in [-0.4, -0.2) is 16.8 Å². The zero-order valence-electron chi connectivity index (χ0n) is 13.2. The summed E-state index contributed by atoms with van der Waals surface area (Å²) in [5, 5.41) is 9.14. The molecule has 0 bridgehead atoms. The Morgan fingerprint density at radius 1 is 1.20 bits per heavy atom. The minimum Gasteiger partial charge on any atom is -0.323 e. The van der Waals surface area contributed by atoms with Crippen LogP contribution >= 0.6 is 22.7 Å². The van der Waals surface area contributed by atoms with Gasteiger partial charge in [0.15, 0.2) is 5.13 Å². The maximum absolute atomic E-state index is 13.8. The van der Waals surface area contributed by atoms with Gasteiger partial charge < -0.3 is 5.32 Å². The lowest BCUT2D eigenvalue weighted by molar-refractivity contribution is -0.115. The number of nitrogens with zero attached hydrogens (tertiary/aromatic N) is 1. The molecule has 0 saturated carbocycles.